The average molecular weight is 325 g/mol. The van der Waals surface area contributed by atoms with Crippen molar-refractivity contribution in [1.82, 2.24) is 0 Å². The first-order valence-corrected chi connectivity index (χ1v) is 8.18. The average Bonchev–Trinajstić information content (AvgIpc) is 2.61. The summed E-state index contributed by atoms with van der Waals surface area (Å²) in [6.45, 7) is 8.29. The Kier molecular flexibility index (Phi) is 5.74. The highest BCUT2D eigenvalue weighted by atomic mass is 16.6. The molecule has 0 aliphatic rings. The van der Waals surface area contributed by atoms with E-state index in [4.69, 9.17) is 4.74 Å². The summed E-state index contributed by atoms with van der Waals surface area (Å²) in [6.07, 6.45) is 5.03. The van der Waals surface area contributed by atoms with Crippen LogP contribution in [0.4, 0.5) is 5.69 Å². The van der Waals surface area contributed by atoms with E-state index >= 15 is 0 Å². The molecule has 2 aromatic rings. The summed E-state index contributed by atoms with van der Waals surface area (Å²) >= 11 is 0. The first-order valence-electron chi connectivity index (χ1n) is 8.18. The van der Waals surface area contributed by atoms with Gasteiger partial charge >= 0.3 is 0 Å². The number of nitro benzene ring substituents is 1. The third-order valence-electron chi connectivity index (χ3n) is 4.64. The molecule has 4 heteroatoms. The second-order valence-electron chi connectivity index (χ2n) is 5.86. The monoisotopic (exact) mass is 325 g/mol. The standard InChI is InChI=1S/C20H23NO3/c1-4-15-20(5-2,6-3)16-7-11-18(12-8-16)24-19-13-9-17(10-14-19)21(22)23/h4,7-14H,1,5-6,15H2,2-3H3. The number of ether oxygens (including phenoxy) is 1. The lowest BCUT2D eigenvalue weighted by atomic mass is 9.73. The molecule has 0 saturated carbocycles. The zero-order valence-corrected chi connectivity index (χ0v) is 14.2. The molecule has 0 amide bonds. The Hall–Kier alpha value is -2.62. The van der Waals surface area contributed by atoms with Gasteiger partial charge in [0.05, 0.1) is 4.92 Å². The molecule has 0 spiro atoms. The summed E-state index contributed by atoms with van der Waals surface area (Å²) in [5, 5.41) is 10.7. The second-order valence-corrected chi connectivity index (χ2v) is 5.86. The number of nitrogens with zero attached hydrogens (tertiary/aromatic N) is 1. The largest absolute Gasteiger partial charge is 0.457 e. The van der Waals surface area contributed by atoms with E-state index in [2.05, 4.69) is 32.6 Å². The molecule has 0 aliphatic carbocycles. The lowest BCUT2D eigenvalue weighted by Crippen LogP contribution is -2.23. The quantitative estimate of drug-likeness (QED) is 0.339. The number of benzene rings is 2. The summed E-state index contributed by atoms with van der Waals surface area (Å²) in [5.41, 5.74) is 1.45. The van der Waals surface area contributed by atoms with E-state index in [1.165, 1.54) is 17.7 Å². The van der Waals surface area contributed by atoms with Crippen LogP contribution >= 0.6 is 0 Å². The molecule has 0 unspecified atom stereocenters. The van der Waals surface area contributed by atoms with Crippen molar-refractivity contribution in [1.29, 1.82) is 0 Å². The van der Waals surface area contributed by atoms with Crippen molar-refractivity contribution < 1.29 is 9.66 Å². The van der Waals surface area contributed by atoms with E-state index in [-0.39, 0.29) is 11.1 Å². The van der Waals surface area contributed by atoms with E-state index < -0.39 is 4.92 Å². The molecule has 126 valence electrons. The van der Waals surface area contributed by atoms with Gasteiger partial charge in [-0.15, -0.1) is 6.58 Å². The summed E-state index contributed by atoms with van der Waals surface area (Å²) < 4.78 is 5.77. The summed E-state index contributed by atoms with van der Waals surface area (Å²) in [5.74, 6) is 1.30. The number of non-ortho nitro benzene ring substituents is 1. The molecule has 0 radical (unpaired) electrons. The van der Waals surface area contributed by atoms with Crippen LogP contribution in [0.5, 0.6) is 11.5 Å². The highest BCUT2D eigenvalue weighted by Crippen LogP contribution is 2.36. The lowest BCUT2D eigenvalue weighted by Gasteiger charge is -2.31. The van der Waals surface area contributed by atoms with E-state index in [1.54, 1.807) is 12.1 Å². The first kappa shape index (κ1) is 17.7. The van der Waals surface area contributed by atoms with Crippen LogP contribution in [0.25, 0.3) is 0 Å². The number of allylic oxidation sites excluding steroid dienone is 1. The predicted octanol–water partition coefficient (Wildman–Crippen LogP) is 6.02. The molecule has 0 aliphatic heterocycles. The third kappa shape index (κ3) is 3.82. The van der Waals surface area contributed by atoms with Crippen LogP contribution in [0.3, 0.4) is 0 Å². The van der Waals surface area contributed by atoms with Crippen LogP contribution in [0, 0.1) is 10.1 Å². The normalized spacial score (nSPS) is 11.1. The van der Waals surface area contributed by atoms with Crippen molar-refractivity contribution in [3.8, 4) is 11.5 Å². The molecule has 0 N–H and O–H groups in total. The van der Waals surface area contributed by atoms with E-state index in [9.17, 15) is 10.1 Å². The van der Waals surface area contributed by atoms with Crippen molar-refractivity contribution in [3.05, 3.63) is 76.9 Å². The molecule has 0 bridgehead atoms. The smallest absolute Gasteiger partial charge is 0.269 e. The molecule has 0 fully saturated rings. The van der Waals surface area contributed by atoms with Gasteiger partial charge in [0.2, 0.25) is 0 Å². The molecule has 2 aromatic carbocycles. The number of rotatable bonds is 8. The van der Waals surface area contributed by atoms with Crippen molar-refractivity contribution in [2.45, 2.75) is 38.5 Å². The fraction of sp³-hybridized carbons (Fsp3) is 0.300. The predicted molar refractivity (Wildman–Crippen MR) is 96.7 cm³/mol. The maximum absolute atomic E-state index is 10.7. The molecule has 0 saturated heterocycles. The maximum atomic E-state index is 10.7. The third-order valence-corrected chi connectivity index (χ3v) is 4.64. The SMILES string of the molecule is C=CCC(CC)(CC)c1ccc(Oc2ccc([N+](=O)[O-])cc2)cc1. The van der Waals surface area contributed by atoms with Crippen LogP contribution < -0.4 is 4.74 Å². The molecule has 4 nitrogen and oxygen atoms in total. The zero-order chi connectivity index (χ0) is 17.6. The topological polar surface area (TPSA) is 52.4 Å². The van der Waals surface area contributed by atoms with Crippen molar-refractivity contribution >= 4 is 5.69 Å². The summed E-state index contributed by atoms with van der Waals surface area (Å²) in [6, 6.07) is 14.2. The molecule has 24 heavy (non-hydrogen) atoms. The van der Waals surface area contributed by atoms with Crippen LogP contribution in [0.2, 0.25) is 0 Å². The van der Waals surface area contributed by atoms with Crippen molar-refractivity contribution in [2.75, 3.05) is 0 Å². The Bertz CT molecular complexity index is 686. The van der Waals surface area contributed by atoms with Crippen molar-refractivity contribution in [3.63, 3.8) is 0 Å². The number of hydrogen-bond donors (Lipinski definition) is 0. The number of hydrogen-bond acceptors (Lipinski definition) is 3. The highest BCUT2D eigenvalue weighted by molar-refractivity contribution is 5.40. The Morgan fingerprint density at radius 3 is 1.96 bits per heavy atom. The lowest BCUT2D eigenvalue weighted by molar-refractivity contribution is -0.384. The molecule has 0 heterocycles. The number of nitro groups is 1. The van der Waals surface area contributed by atoms with Gasteiger partial charge in [0.25, 0.3) is 5.69 Å². The molecule has 2 rings (SSSR count). The van der Waals surface area contributed by atoms with Gasteiger partial charge in [-0.1, -0.05) is 32.1 Å². The second kappa shape index (κ2) is 7.77. The Labute approximate surface area is 142 Å². The van der Waals surface area contributed by atoms with Gasteiger partial charge in [-0.3, -0.25) is 10.1 Å². The van der Waals surface area contributed by atoms with Crippen molar-refractivity contribution in [2.24, 2.45) is 0 Å². The van der Waals surface area contributed by atoms with Gasteiger partial charge in [0.15, 0.2) is 0 Å². The van der Waals surface area contributed by atoms with Gasteiger partial charge < -0.3 is 4.74 Å². The molecule has 0 atom stereocenters. The minimum atomic E-state index is -0.423. The summed E-state index contributed by atoms with van der Waals surface area (Å²) in [4.78, 5) is 10.2. The zero-order valence-electron chi connectivity index (χ0n) is 14.2. The molecule has 0 aromatic heterocycles. The Morgan fingerprint density at radius 2 is 1.54 bits per heavy atom. The van der Waals surface area contributed by atoms with Crippen LogP contribution in [-0.2, 0) is 5.41 Å². The van der Waals surface area contributed by atoms with Gasteiger partial charge in [0.1, 0.15) is 11.5 Å². The van der Waals surface area contributed by atoms with Crippen LogP contribution in [0.15, 0.2) is 61.2 Å². The van der Waals surface area contributed by atoms with Crippen LogP contribution in [0.1, 0.15) is 38.7 Å². The van der Waals surface area contributed by atoms with Gasteiger partial charge in [0, 0.05) is 12.1 Å². The minimum Gasteiger partial charge on any atom is -0.457 e. The van der Waals surface area contributed by atoms with Crippen LogP contribution in [-0.4, -0.2) is 4.92 Å². The fourth-order valence-corrected chi connectivity index (χ4v) is 2.99. The maximum Gasteiger partial charge on any atom is 0.269 e. The molecular weight excluding hydrogens is 302 g/mol. The van der Waals surface area contributed by atoms with Gasteiger partial charge in [-0.05, 0) is 54.5 Å². The Morgan fingerprint density at radius 1 is 1.04 bits per heavy atom. The molecular formula is C20H23NO3. The van der Waals surface area contributed by atoms with E-state index in [0.717, 1.165) is 19.3 Å². The minimum absolute atomic E-state index is 0.0535. The van der Waals surface area contributed by atoms with E-state index in [0.29, 0.717) is 11.5 Å². The Balaban J connectivity index is 2.16. The van der Waals surface area contributed by atoms with Gasteiger partial charge in [-0.2, -0.15) is 0 Å². The highest BCUT2D eigenvalue weighted by Gasteiger charge is 2.26. The summed E-state index contributed by atoms with van der Waals surface area (Å²) in [7, 11) is 0. The first-order chi connectivity index (χ1) is 11.5. The van der Waals surface area contributed by atoms with Gasteiger partial charge in [-0.25, -0.2) is 0 Å². The van der Waals surface area contributed by atoms with E-state index in [1.807, 2.05) is 18.2 Å². The fourth-order valence-electron chi connectivity index (χ4n) is 2.99.